The fourth-order valence-electron chi connectivity index (χ4n) is 3.31. The van der Waals surface area contributed by atoms with Crippen LogP contribution in [0.25, 0.3) is 0 Å². The molecule has 3 nitrogen and oxygen atoms in total. The highest BCUT2D eigenvalue weighted by Crippen LogP contribution is 2.21. The smallest absolute Gasteiger partial charge is 0.0238 e. The zero-order valence-electron chi connectivity index (χ0n) is 13.7. The Morgan fingerprint density at radius 2 is 1.67 bits per heavy atom. The molecule has 3 rings (SSSR count). The average Bonchev–Trinajstić information content (AvgIpc) is 3.28. The second kappa shape index (κ2) is 6.47. The molecule has 0 radical (unpaired) electrons. The summed E-state index contributed by atoms with van der Waals surface area (Å²) < 4.78 is 0. The molecule has 1 saturated carbocycles. The fourth-order valence-corrected chi connectivity index (χ4v) is 3.31. The lowest BCUT2D eigenvalue weighted by Gasteiger charge is -2.42. The SMILES string of the molecule is CC1CN(Cc2ccccc2CNC2CC2)CC(C)N1C. The van der Waals surface area contributed by atoms with E-state index in [9.17, 15) is 0 Å². The van der Waals surface area contributed by atoms with Gasteiger partial charge in [0.25, 0.3) is 0 Å². The van der Waals surface area contributed by atoms with Gasteiger partial charge in [-0.3, -0.25) is 9.80 Å². The van der Waals surface area contributed by atoms with Gasteiger partial charge >= 0.3 is 0 Å². The summed E-state index contributed by atoms with van der Waals surface area (Å²) >= 11 is 0. The largest absolute Gasteiger partial charge is 0.310 e. The summed E-state index contributed by atoms with van der Waals surface area (Å²) in [6.07, 6.45) is 2.71. The molecule has 0 amide bonds. The first-order valence-electron chi connectivity index (χ1n) is 8.38. The number of nitrogens with one attached hydrogen (secondary N) is 1. The van der Waals surface area contributed by atoms with Crippen molar-refractivity contribution in [3.8, 4) is 0 Å². The monoisotopic (exact) mass is 287 g/mol. The summed E-state index contributed by atoms with van der Waals surface area (Å²) in [5.74, 6) is 0. The molecule has 116 valence electrons. The number of hydrogen-bond acceptors (Lipinski definition) is 3. The standard InChI is InChI=1S/C18H29N3/c1-14-11-21(12-15(2)20(14)3)13-17-7-5-4-6-16(17)10-19-18-8-9-18/h4-7,14-15,18-19H,8-13H2,1-3H3. The molecule has 1 aliphatic heterocycles. The molecular formula is C18H29N3. The van der Waals surface area contributed by atoms with Gasteiger partial charge in [0.05, 0.1) is 0 Å². The maximum Gasteiger partial charge on any atom is 0.0238 e. The molecule has 2 aliphatic rings. The third-order valence-electron chi connectivity index (χ3n) is 5.11. The lowest BCUT2D eigenvalue weighted by Crippen LogP contribution is -2.54. The van der Waals surface area contributed by atoms with Crippen molar-refractivity contribution >= 4 is 0 Å². The van der Waals surface area contributed by atoms with Crippen molar-refractivity contribution in [2.24, 2.45) is 0 Å². The van der Waals surface area contributed by atoms with Gasteiger partial charge in [0.1, 0.15) is 0 Å². The zero-order chi connectivity index (χ0) is 14.8. The first kappa shape index (κ1) is 15.0. The normalized spacial score (nSPS) is 28.0. The molecule has 1 aliphatic carbocycles. The Morgan fingerprint density at radius 1 is 1.05 bits per heavy atom. The van der Waals surface area contributed by atoms with Gasteiger partial charge in [-0.05, 0) is 44.9 Å². The van der Waals surface area contributed by atoms with Gasteiger partial charge in [-0.15, -0.1) is 0 Å². The van der Waals surface area contributed by atoms with E-state index >= 15 is 0 Å². The number of likely N-dealkylation sites (N-methyl/N-ethyl adjacent to an activating group) is 1. The minimum Gasteiger partial charge on any atom is -0.310 e. The lowest BCUT2D eigenvalue weighted by atomic mass is 10.0. The van der Waals surface area contributed by atoms with Crippen LogP contribution < -0.4 is 5.32 Å². The van der Waals surface area contributed by atoms with Crippen LogP contribution in [0.1, 0.15) is 37.8 Å². The highest BCUT2D eigenvalue weighted by Gasteiger charge is 2.26. The fraction of sp³-hybridized carbons (Fsp3) is 0.667. The molecule has 21 heavy (non-hydrogen) atoms. The van der Waals surface area contributed by atoms with Crippen LogP contribution in [0, 0.1) is 0 Å². The minimum atomic E-state index is 0.644. The molecule has 0 bridgehead atoms. The van der Waals surface area contributed by atoms with Crippen LogP contribution in [0.4, 0.5) is 0 Å². The van der Waals surface area contributed by atoms with Crippen LogP contribution in [0.5, 0.6) is 0 Å². The number of rotatable bonds is 5. The minimum absolute atomic E-state index is 0.644. The summed E-state index contributed by atoms with van der Waals surface area (Å²) in [7, 11) is 2.25. The summed E-state index contributed by atoms with van der Waals surface area (Å²) in [5.41, 5.74) is 2.97. The van der Waals surface area contributed by atoms with E-state index in [1.807, 2.05) is 0 Å². The van der Waals surface area contributed by atoms with Crippen LogP contribution in [0.2, 0.25) is 0 Å². The molecule has 2 atom stereocenters. The van der Waals surface area contributed by atoms with Crippen molar-refractivity contribution in [1.82, 2.24) is 15.1 Å². The molecule has 1 aromatic carbocycles. The van der Waals surface area contributed by atoms with Crippen LogP contribution >= 0.6 is 0 Å². The van der Waals surface area contributed by atoms with Gasteiger partial charge < -0.3 is 5.32 Å². The van der Waals surface area contributed by atoms with Crippen LogP contribution in [0.15, 0.2) is 24.3 Å². The number of piperazine rings is 1. The Balaban J connectivity index is 1.63. The summed E-state index contributed by atoms with van der Waals surface area (Å²) in [4.78, 5) is 5.11. The predicted octanol–water partition coefficient (Wildman–Crippen LogP) is 2.46. The molecule has 2 unspecified atom stereocenters. The average molecular weight is 287 g/mol. The molecule has 1 heterocycles. The third-order valence-corrected chi connectivity index (χ3v) is 5.11. The van der Waals surface area contributed by atoms with Gasteiger partial charge in [0.15, 0.2) is 0 Å². The van der Waals surface area contributed by atoms with E-state index in [-0.39, 0.29) is 0 Å². The Morgan fingerprint density at radius 3 is 2.29 bits per heavy atom. The Labute approximate surface area is 129 Å². The molecule has 0 spiro atoms. The summed E-state index contributed by atoms with van der Waals surface area (Å²) in [6, 6.07) is 11.0. The first-order valence-corrected chi connectivity index (χ1v) is 8.38. The molecule has 1 aromatic rings. The van der Waals surface area contributed by atoms with Crippen molar-refractivity contribution in [2.45, 2.75) is 57.9 Å². The maximum atomic E-state index is 3.65. The van der Waals surface area contributed by atoms with E-state index in [1.165, 1.54) is 37.1 Å². The zero-order valence-corrected chi connectivity index (χ0v) is 13.7. The quantitative estimate of drug-likeness (QED) is 0.897. The second-order valence-electron chi connectivity index (χ2n) is 6.98. The van der Waals surface area contributed by atoms with Crippen molar-refractivity contribution in [1.29, 1.82) is 0 Å². The predicted molar refractivity (Wildman–Crippen MR) is 88.3 cm³/mol. The highest BCUT2D eigenvalue weighted by atomic mass is 15.3. The summed E-state index contributed by atoms with van der Waals surface area (Å²) in [6.45, 7) is 9.13. The van der Waals surface area contributed by atoms with Crippen LogP contribution in [-0.4, -0.2) is 48.1 Å². The Hall–Kier alpha value is -0.900. The topological polar surface area (TPSA) is 18.5 Å². The number of benzene rings is 1. The van der Waals surface area contributed by atoms with Gasteiger partial charge in [0.2, 0.25) is 0 Å². The van der Waals surface area contributed by atoms with Gasteiger partial charge in [-0.2, -0.15) is 0 Å². The molecule has 2 fully saturated rings. The second-order valence-corrected chi connectivity index (χ2v) is 6.98. The van der Waals surface area contributed by atoms with Crippen molar-refractivity contribution < 1.29 is 0 Å². The van der Waals surface area contributed by atoms with Crippen LogP contribution in [-0.2, 0) is 13.1 Å². The molecule has 1 saturated heterocycles. The van der Waals surface area contributed by atoms with E-state index in [1.54, 1.807) is 0 Å². The number of nitrogens with zero attached hydrogens (tertiary/aromatic N) is 2. The van der Waals surface area contributed by atoms with E-state index in [0.717, 1.165) is 19.1 Å². The van der Waals surface area contributed by atoms with Gasteiger partial charge in [-0.25, -0.2) is 0 Å². The van der Waals surface area contributed by atoms with E-state index < -0.39 is 0 Å². The van der Waals surface area contributed by atoms with Crippen molar-refractivity contribution in [3.63, 3.8) is 0 Å². The van der Waals surface area contributed by atoms with Crippen molar-refractivity contribution in [3.05, 3.63) is 35.4 Å². The van der Waals surface area contributed by atoms with Gasteiger partial charge in [0, 0.05) is 44.3 Å². The molecule has 1 N–H and O–H groups in total. The lowest BCUT2D eigenvalue weighted by molar-refractivity contribution is 0.0554. The highest BCUT2D eigenvalue weighted by molar-refractivity contribution is 5.27. The summed E-state index contributed by atoms with van der Waals surface area (Å²) in [5, 5.41) is 3.65. The Kier molecular flexibility index (Phi) is 4.63. The Bertz CT molecular complexity index is 457. The molecule has 3 heteroatoms. The first-order chi connectivity index (χ1) is 10.1. The van der Waals surface area contributed by atoms with Crippen molar-refractivity contribution in [2.75, 3.05) is 20.1 Å². The number of hydrogen-bond donors (Lipinski definition) is 1. The molecule has 0 aromatic heterocycles. The van der Waals surface area contributed by atoms with Crippen LogP contribution in [0.3, 0.4) is 0 Å². The molecular weight excluding hydrogens is 258 g/mol. The van der Waals surface area contributed by atoms with Gasteiger partial charge in [-0.1, -0.05) is 24.3 Å². The van der Waals surface area contributed by atoms with E-state index in [2.05, 4.69) is 60.3 Å². The van der Waals surface area contributed by atoms with E-state index in [4.69, 9.17) is 0 Å². The maximum absolute atomic E-state index is 3.65. The third kappa shape index (κ3) is 3.85. The van der Waals surface area contributed by atoms with E-state index in [0.29, 0.717) is 12.1 Å².